The van der Waals surface area contributed by atoms with Crippen LogP contribution in [-0.4, -0.2) is 73.4 Å². The number of allylic oxidation sites excluding steroid dienone is 2. The van der Waals surface area contributed by atoms with Gasteiger partial charge in [0.1, 0.15) is 5.60 Å². The third-order valence-electron chi connectivity index (χ3n) is 4.55. The molecule has 0 saturated carbocycles. The van der Waals surface area contributed by atoms with Crippen LogP contribution in [0.15, 0.2) is 24.3 Å². The first-order chi connectivity index (χ1) is 14.1. The summed E-state index contributed by atoms with van der Waals surface area (Å²) in [7, 11) is -9.06. The van der Waals surface area contributed by atoms with E-state index < -0.39 is 36.9 Å². The van der Waals surface area contributed by atoms with Gasteiger partial charge in [-0.1, -0.05) is 24.3 Å². The molecule has 1 aliphatic heterocycles. The molecular formula is C14H28F6N6O9OsS2. The van der Waals surface area contributed by atoms with Gasteiger partial charge in [-0.05, 0) is 0 Å². The number of ether oxygens (including phenoxy) is 1. The summed E-state index contributed by atoms with van der Waals surface area (Å²) < 4.78 is 123. The van der Waals surface area contributed by atoms with Crippen molar-refractivity contribution in [3.63, 3.8) is 0 Å². The summed E-state index contributed by atoms with van der Waals surface area (Å²) in [6, 6.07) is 0. The van der Waals surface area contributed by atoms with Crippen molar-refractivity contribution in [2.45, 2.75) is 16.6 Å². The molecule has 15 nitrogen and oxygen atoms in total. The number of alkyl halides is 6. The molecule has 3 aliphatic carbocycles. The Morgan fingerprint density at radius 3 is 1.34 bits per heavy atom. The molecule has 2 amide bonds. The number of rotatable bonds is 1. The van der Waals surface area contributed by atoms with Gasteiger partial charge in [-0.3, -0.25) is 14.5 Å². The Balaban J connectivity index is -0.000000103. The summed E-state index contributed by atoms with van der Waals surface area (Å²) in [5.41, 5.74) is -12.0. The summed E-state index contributed by atoms with van der Waals surface area (Å²) in [6.45, 7) is 0. The van der Waals surface area contributed by atoms with Crippen molar-refractivity contribution in [3.05, 3.63) is 24.3 Å². The van der Waals surface area contributed by atoms with Crippen LogP contribution in [0.5, 0.6) is 0 Å². The minimum atomic E-state index is -6.09. The summed E-state index contributed by atoms with van der Waals surface area (Å²) in [4.78, 5) is 25.3. The van der Waals surface area contributed by atoms with Gasteiger partial charge < -0.3 is 44.6 Å². The van der Waals surface area contributed by atoms with Gasteiger partial charge in [0.2, 0.25) is 11.8 Å². The zero-order valence-corrected chi connectivity index (χ0v) is 23.8. The number of hydrogen-bond donors (Lipinski definition) is 5. The molecule has 2 atom stereocenters. The first-order valence-corrected chi connectivity index (χ1v) is 10.7. The number of nitrogens with zero attached hydrogens (tertiary/aromatic N) is 1. The predicted octanol–water partition coefficient (Wildman–Crippen LogP) is 1.27. The monoisotopic (exact) mass is 794 g/mol. The average molecular weight is 793 g/mol. The quantitative estimate of drug-likeness (QED) is 0.0821. The summed E-state index contributed by atoms with van der Waals surface area (Å²) in [5, 5.41) is 0. The number of imide groups is 1. The van der Waals surface area contributed by atoms with Gasteiger partial charge in [0.05, 0.1) is 11.8 Å². The molecule has 1 heterocycles. The van der Waals surface area contributed by atoms with Gasteiger partial charge in [-0.2, -0.15) is 26.3 Å². The van der Waals surface area contributed by atoms with E-state index in [0.29, 0.717) is 0 Å². The van der Waals surface area contributed by atoms with E-state index in [0.717, 1.165) is 0 Å². The van der Waals surface area contributed by atoms with E-state index in [4.69, 9.17) is 30.7 Å². The van der Waals surface area contributed by atoms with Gasteiger partial charge in [-0.25, -0.2) is 16.8 Å². The molecular weight excluding hydrogens is 765 g/mol. The molecule has 38 heavy (non-hydrogen) atoms. The Bertz CT molecular complexity index is 998. The maximum Gasteiger partial charge on any atom is 2.00 e. The number of amides is 2. The molecule has 0 radical (unpaired) electrons. The minimum absolute atomic E-state index is 0. The largest absolute Gasteiger partial charge is 2.00 e. The van der Waals surface area contributed by atoms with Crippen molar-refractivity contribution in [2.75, 3.05) is 14.2 Å². The Hall–Kier alpha value is -1.58. The van der Waals surface area contributed by atoms with Crippen LogP contribution in [0.3, 0.4) is 0 Å². The SMILES string of the molecule is COC12C=CC(C=C1)[C@H]1C(=O)N(C)C(=O)[C@H]12.N.N.N.N.N.O=S(=O)([O-])C(F)(F)F.O=S(=O)([O-])C(F)(F)F.[Os+2]. The van der Waals surface area contributed by atoms with Crippen molar-refractivity contribution in [2.24, 2.45) is 17.8 Å². The minimum Gasteiger partial charge on any atom is -0.741 e. The molecule has 4 aliphatic rings. The number of carbonyl (C=O) groups excluding carboxylic acids is 2. The number of hydrogen-bond acceptors (Lipinski definition) is 14. The maximum atomic E-state index is 12.1. The molecule has 0 unspecified atom stereocenters. The van der Waals surface area contributed by atoms with E-state index in [1.165, 1.54) is 4.90 Å². The fourth-order valence-corrected chi connectivity index (χ4v) is 3.05. The predicted molar refractivity (Wildman–Crippen MR) is 113 cm³/mol. The van der Waals surface area contributed by atoms with E-state index in [1.807, 2.05) is 24.3 Å². The smallest absolute Gasteiger partial charge is 0.741 e. The van der Waals surface area contributed by atoms with Crippen molar-refractivity contribution in [1.82, 2.24) is 35.7 Å². The summed E-state index contributed by atoms with van der Waals surface area (Å²) in [6.07, 6.45) is 7.75. The first-order valence-electron chi connectivity index (χ1n) is 7.90. The van der Waals surface area contributed by atoms with Crippen LogP contribution >= 0.6 is 0 Å². The average Bonchev–Trinajstić information content (AvgIpc) is 2.87. The zero-order chi connectivity index (χ0) is 25.5. The fourth-order valence-electron chi connectivity index (χ4n) is 3.05. The van der Waals surface area contributed by atoms with Gasteiger partial charge in [0, 0.05) is 20.1 Å². The second-order valence-corrected chi connectivity index (χ2v) is 9.13. The first kappa shape index (κ1) is 49.4. The summed E-state index contributed by atoms with van der Waals surface area (Å²) in [5.74, 6) is -0.823. The Morgan fingerprint density at radius 2 is 1.11 bits per heavy atom. The summed E-state index contributed by atoms with van der Waals surface area (Å²) >= 11 is 0. The zero-order valence-electron chi connectivity index (χ0n) is 19.6. The number of halogens is 6. The van der Waals surface area contributed by atoms with Gasteiger partial charge >= 0.3 is 30.8 Å². The van der Waals surface area contributed by atoms with Crippen LogP contribution < -0.4 is 30.8 Å². The molecule has 4 rings (SSSR count). The topological polar surface area (TPSA) is 336 Å². The molecule has 1 saturated heterocycles. The van der Waals surface area contributed by atoms with Crippen LogP contribution in [0.4, 0.5) is 26.3 Å². The third kappa shape index (κ3) is 10.2. The Labute approximate surface area is 226 Å². The van der Waals surface area contributed by atoms with Crippen molar-refractivity contribution in [3.8, 4) is 0 Å². The van der Waals surface area contributed by atoms with Crippen molar-refractivity contribution >= 4 is 32.1 Å². The second-order valence-electron chi connectivity index (χ2n) is 6.39. The van der Waals surface area contributed by atoms with Crippen LogP contribution in [0.1, 0.15) is 0 Å². The van der Waals surface area contributed by atoms with E-state index in [9.17, 15) is 35.9 Å². The molecule has 0 spiro atoms. The molecule has 0 aromatic heterocycles. The molecule has 0 aromatic carbocycles. The number of methoxy groups -OCH3 is 1. The maximum absolute atomic E-state index is 12.1. The standard InChI is InChI=1S/C12H13NO3.2CHF3O3S.5H3N.Os/c1-13-10(14)8-7-3-5-12(16-2,6-4-7)9(8)11(13)15;2*2-1(3,4)8(5,6)7;;;;;;/h3-9H,1-2H3;2*(H,5,6,7);5*1H3;/q;;;;;;;;+2/p-2/t7?,8-,9+,12?;;;;;;;;/m1......../s1. The molecule has 230 valence electrons. The number of likely N-dealkylation sites (tertiary alicyclic amines) is 1. The van der Waals surface area contributed by atoms with Crippen LogP contribution in [0.2, 0.25) is 0 Å². The fraction of sp³-hybridized carbons (Fsp3) is 0.571. The van der Waals surface area contributed by atoms with Gasteiger partial charge in [-0.15, -0.1) is 0 Å². The number of carbonyl (C=O) groups is 2. The third-order valence-corrected chi connectivity index (χ3v) is 5.68. The molecule has 2 bridgehead atoms. The Kier molecular flexibility index (Phi) is 20.6. The van der Waals surface area contributed by atoms with E-state index >= 15 is 0 Å². The van der Waals surface area contributed by atoms with E-state index in [-0.39, 0.29) is 80.1 Å². The molecule has 24 heteroatoms. The second kappa shape index (κ2) is 15.9. The van der Waals surface area contributed by atoms with Gasteiger partial charge in [0.15, 0.2) is 20.2 Å². The molecule has 1 fully saturated rings. The van der Waals surface area contributed by atoms with Crippen LogP contribution in [0.25, 0.3) is 0 Å². The van der Waals surface area contributed by atoms with Crippen LogP contribution in [-0.2, 0) is 54.4 Å². The normalized spacial score (nSPS) is 24.6. The van der Waals surface area contributed by atoms with E-state index in [1.54, 1.807) is 14.2 Å². The van der Waals surface area contributed by atoms with Crippen molar-refractivity contribution in [1.29, 1.82) is 0 Å². The van der Waals surface area contributed by atoms with Gasteiger partial charge in [0.25, 0.3) is 0 Å². The van der Waals surface area contributed by atoms with Crippen molar-refractivity contribution < 1.29 is 86.4 Å². The Morgan fingerprint density at radius 1 is 0.816 bits per heavy atom. The van der Waals surface area contributed by atoms with Crippen LogP contribution in [0, 0.1) is 17.8 Å². The molecule has 15 N–H and O–H groups in total. The molecule has 0 aromatic rings. The van der Waals surface area contributed by atoms with E-state index in [2.05, 4.69) is 0 Å².